The molecule has 0 unspecified atom stereocenters. The van der Waals surface area contributed by atoms with Crippen molar-refractivity contribution in [2.24, 2.45) is 0 Å². The Kier molecular flexibility index (Phi) is 124. The van der Waals surface area contributed by atoms with Crippen LogP contribution < -0.4 is 0 Å². The van der Waals surface area contributed by atoms with Gasteiger partial charge in [0.2, 0.25) is 0 Å². The highest BCUT2D eigenvalue weighted by Crippen LogP contribution is 1.96. The minimum Gasteiger partial charge on any atom is -0.0991 e. The third kappa shape index (κ3) is 78.3. The lowest BCUT2D eigenvalue weighted by Gasteiger charge is -1.86. The second-order valence-electron chi connectivity index (χ2n) is 2.07. The van der Waals surface area contributed by atoms with Gasteiger partial charge in [-0.15, -0.1) is 0 Å². The molecule has 0 aliphatic carbocycles. The van der Waals surface area contributed by atoms with Gasteiger partial charge in [0.25, 0.3) is 0 Å². The van der Waals surface area contributed by atoms with Gasteiger partial charge in [0.1, 0.15) is 0 Å². The molecule has 0 spiro atoms. The van der Waals surface area contributed by atoms with Gasteiger partial charge in [-0.3, -0.25) is 0 Å². The molecule has 0 saturated carbocycles. The molecule has 0 atom stereocenters. The number of hydrogen-bond donors (Lipinski definition) is 0. The summed E-state index contributed by atoms with van der Waals surface area (Å²) in [7, 11) is 0. The van der Waals surface area contributed by atoms with Crippen molar-refractivity contribution in [3.05, 3.63) is 74.4 Å². The highest BCUT2D eigenvalue weighted by Gasteiger charge is 1.77. The molecule has 0 saturated heterocycles. The lowest BCUT2D eigenvalue weighted by Crippen LogP contribution is -1.67. The second kappa shape index (κ2) is 73.8. The van der Waals surface area contributed by atoms with Gasteiger partial charge in [-0.05, 0) is 5.57 Å². The van der Waals surface area contributed by atoms with Gasteiger partial charge in [0.15, 0.2) is 0 Å². The molecule has 0 nitrogen and oxygen atoms in total. The highest BCUT2D eigenvalue weighted by molar-refractivity contribution is 7.79. The minimum absolute atomic E-state index is 1.01. The predicted molar refractivity (Wildman–Crippen MR) is 117 cm³/mol. The first kappa shape index (κ1) is 37.1. The van der Waals surface area contributed by atoms with Gasteiger partial charge >= 0.3 is 0 Å². The summed E-state index contributed by atoms with van der Waals surface area (Å²) >= 11 is 4.60. The Bertz CT molecular complexity index is 249. The molecule has 0 aromatic heterocycles. The van der Waals surface area contributed by atoms with E-state index in [1.165, 1.54) is 0 Å². The molecule has 0 fully saturated rings. The summed E-state index contributed by atoms with van der Waals surface area (Å²) in [6, 6.07) is 0. The van der Waals surface area contributed by atoms with Crippen LogP contribution in [0.15, 0.2) is 74.4 Å². The maximum Gasteiger partial charge on any atom is 0.00137 e. The maximum atomic E-state index is 4.60. The van der Waals surface area contributed by atoms with E-state index in [0.717, 1.165) is 5.57 Å². The van der Waals surface area contributed by atoms with Gasteiger partial charge in [-0.1, -0.05) is 136 Å². The van der Waals surface area contributed by atoms with E-state index < -0.39 is 0 Å². The molecule has 0 rings (SSSR count). The molecule has 0 aromatic rings. The molecule has 0 N–H and O–H groups in total. The summed E-state index contributed by atoms with van der Waals surface area (Å²) in [5, 5.41) is 1.56. The van der Waals surface area contributed by atoms with E-state index in [2.05, 4.69) is 38.5 Å². The lowest BCUT2D eigenvalue weighted by molar-refractivity contribution is 1.50. The van der Waals surface area contributed by atoms with Gasteiger partial charge in [0, 0.05) is 5.37 Å². The SMILES string of the molecule is C=C/C=C(C=C)/C=C\C=S.C=CC=C.CC.CC.CC.CC. The molecular formula is C21H40S. The average Bonchev–Trinajstić information content (AvgIpc) is 2.65. The van der Waals surface area contributed by atoms with Gasteiger partial charge in [0.05, 0.1) is 0 Å². The van der Waals surface area contributed by atoms with Gasteiger partial charge in [-0.25, -0.2) is 0 Å². The molecule has 130 valence electrons. The lowest BCUT2D eigenvalue weighted by atomic mass is 10.2. The van der Waals surface area contributed by atoms with E-state index in [1.807, 2.05) is 67.5 Å². The molecule has 1 heteroatoms. The first-order chi connectivity index (χ1) is 10.8. The molecule has 0 heterocycles. The van der Waals surface area contributed by atoms with E-state index in [-0.39, 0.29) is 0 Å². The fourth-order valence-corrected chi connectivity index (χ4v) is 0.557. The van der Waals surface area contributed by atoms with Crippen molar-refractivity contribution in [2.45, 2.75) is 55.4 Å². The zero-order valence-electron chi connectivity index (χ0n) is 16.4. The van der Waals surface area contributed by atoms with Gasteiger partial charge in [-0.2, -0.15) is 0 Å². The molecule has 0 aliphatic heterocycles. The largest absolute Gasteiger partial charge is 0.0991 e. The molecule has 22 heavy (non-hydrogen) atoms. The first-order valence-electron chi connectivity index (χ1n) is 8.07. The van der Waals surface area contributed by atoms with Crippen molar-refractivity contribution in [2.75, 3.05) is 0 Å². The van der Waals surface area contributed by atoms with E-state index in [9.17, 15) is 0 Å². The number of thiocarbonyl (C=S) groups is 1. The van der Waals surface area contributed by atoms with Crippen LogP contribution >= 0.6 is 12.2 Å². The standard InChI is InChI=1S/C9H10S.C4H6.4C2H6/c1-3-6-9(4-2)7-5-8-10;1-3-4-2;4*1-2/h3-8H,1-2H2;3-4H,1-2H2;4*1-2H3/b7-5-,9-6+;;;;;. The minimum atomic E-state index is 1.01. The maximum absolute atomic E-state index is 4.60. The Hall–Kier alpha value is -1.47. The number of rotatable bonds is 5. The highest BCUT2D eigenvalue weighted by atomic mass is 32.1. The van der Waals surface area contributed by atoms with Crippen LogP contribution in [0.5, 0.6) is 0 Å². The van der Waals surface area contributed by atoms with Crippen LogP contribution in [0, 0.1) is 0 Å². The Labute approximate surface area is 147 Å². The van der Waals surface area contributed by atoms with Crippen LogP contribution in [-0.4, -0.2) is 5.37 Å². The van der Waals surface area contributed by atoms with Crippen LogP contribution in [0.2, 0.25) is 0 Å². The van der Waals surface area contributed by atoms with Crippen molar-refractivity contribution in [1.82, 2.24) is 0 Å². The normalized spacial score (nSPS) is 7.18. The zero-order valence-corrected chi connectivity index (χ0v) is 17.2. The molecule has 0 aromatic carbocycles. The van der Waals surface area contributed by atoms with Crippen LogP contribution in [0.3, 0.4) is 0 Å². The van der Waals surface area contributed by atoms with Crippen molar-refractivity contribution in [3.8, 4) is 0 Å². The van der Waals surface area contributed by atoms with Crippen LogP contribution in [0.25, 0.3) is 0 Å². The van der Waals surface area contributed by atoms with E-state index >= 15 is 0 Å². The Balaban J connectivity index is -0.0000000447. The van der Waals surface area contributed by atoms with E-state index in [1.54, 1.807) is 35.7 Å². The summed E-state index contributed by atoms with van der Waals surface area (Å²) in [5.41, 5.74) is 1.01. The van der Waals surface area contributed by atoms with E-state index in [4.69, 9.17) is 0 Å². The predicted octanol–water partition coefficient (Wildman–Crippen LogP) is 8.30. The van der Waals surface area contributed by atoms with Crippen LogP contribution in [-0.2, 0) is 0 Å². The summed E-state index contributed by atoms with van der Waals surface area (Å²) < 4.78 is 0. The van der Waals surface area contributed by atoms with E-state index in [0.29, 0.717) is 0 Å². The number of hydrogen-bond acceptors (Lipinski definition) is 1. The molecule has 0 radical (unpaired) electrons. The third-order valence-corrected chi connectivity index (χ3v) is 1.24. The van der Waals surface area contributed by atoms with Crippen LogP contribution in [0.1, 0.15) is 55.4 Å². The third-order valence-electron chi connectivity index (χ3n) is 1.08. The monoisotopic (exact) mass is 324 g/mol. The zero-order chi connectivity index (χ0) is 19.2. The average molecular weight is 325 g/mol. The van der Waals surface area contributed by atoms with Crippen LogP contribution in [0.4, 0.5) is 0 Å². The molecule has 0 aliphatic rings. The molecular weight excluding hydrogens is 284 g/mol. The quantitative estimate of drug-likeness (QED) is 0.278. The summed E-state index contributed by atoms with van der Waals surface area (Å²) in [6.45, 7) is 29.9. The Morgan fingerprint density at radius 2 is 1.05 bits per heavy atom. The van der Waals surface area contributed by atoms with Crippen molar-refractivity contribution in [3.63, 3.8) is 0 Å². The second-order valence-corrected chi connectivity index (χ2v) is 2.35. The van der Waals surface area contributed by atoms with Crippen molar-refractivity contribution >= 4 is 17.6 Å². The summed E-state index contributed by atoms with van der Waals surface area (Å²) in [5.74, 6) is 0. The Morgan fingerprint density at radius 1 is 0.682 bits per heavy atom. The first-order valence-corrected chi connectivity index (χ1v) is 8.54. The Morgan fingerprint density at radius 3 is 1.23 bits per heavy atom. The smallest absolute Gasteiger partial charge is 0.00137 e. The molecule has 0 amide bonds. The fraction of sp³-hybridized carbons (Fsp3) is 0.381. The van der Waals surface area contributed by atoms with Crippen molar-refractivity contribution < 1.29 is 0 Å². The summed E-state index contributed by atoms with van der Waals surface area (Å²) in [4.78, 5) is 0. The van der Waals surface area contributed by atoms with Gasteiger partial charge < -0.3 is 0 Å². The number of allylic oxidation sites excluding steroid dienone is 8. The topological polar surface area (TPSA) is 0 Å². The van der Waals surface area contributed by atoms with Crippen molar-refractivity contribution in [1.29, 1.82) is 0 Å². The summed E-state index contributed by atoms with van der Waals surface area (Å²) in [6.07, 6.45) is 12.3. The fourth-order valence-electron chi connectivity index (χ4n) is 0.478. The molecule has 0 bridgehead atoms.